The number of nitrogens with one attached hydrogen (secondary N) is 1. The maximum atomic E-state index is 12.4. The number of carbonyl (C=O) groups is 4. The van der Waals surface area contributed by atoms with Gasteiger partial charge in [0.05, 0.1) is 17.3 Å². The van der Waals surface area contributed by atoms with Crippen molar-refractivity contribution in [3.05, 3.63) is 46.0 Å². The second-order valence-electron chi connectivity index (χ2n) is 5.72. The van der Waals surface area contributed by atoms with Crippen molar-refractivity contribution in [2.45, 2.75) is 19.8 Å². The van der Waals surface area contributed by atoms with Crippen LogP contribution in [0.1, 0.15) is 60.5 Å². The van der Waals surface area contributed by atoms with E-state index in [1.54, 1.807) is 0 Å². The van der Waals surface area contributed by atoms with E-state index < -0.39 is 17.7 Å². The molecule has 1 aromatic heterocycles. The van der Waals surface area contributed by atoms with Crippen molar-refractivity contribution in [3.63, 3.8) is 0 Å². The van der Waals surface area contributed by atoms with Gasteiger partial charge in [0.1, 0.15) is 4.88 Å². The van der Waals surface area contributed by atoms with Gasteiger partial charge in [-0.3, -0.25) is 29.4 Å². The number of aromatic nitrogens is 1. The Bertz CT molecular complexity index is 921. The zero-order chi connectivity index (χ0) is 18.8. The van der Waals surface area contributed by atoms with Crippen LogP contribution in [0.3, 0.4) is 0 Å². The Morgan fingerprint density at radius 2 is 1.96 bits per heavy atom. The summed E-state index contributed by atoms with van der Waals surface area (Å²) in [6.45, 7) is 2.34. The fourth-order valence-electron chi connectivity index (χ4n) is 2.57. The van der Waals surface area contributed by atoms with E-state index >= 15 is 0 Å². The number of benzene rings is 1. The first-order valence-electron chi connectivity index (χ1n) is 7.99. The number of nitrogens with two attached hydrogens (primary N) is 1. The standard InChI is InChI=1S/C17H16N4O4S/c1-2-3-6-21-15(24)10-5-4-9(7-11(10)16(21)25)14(23)20-17-19-8-12(26-17)13(18)22/h4-5,7-8H,2-3,6H2,1H3,(H2,18,22)(H,19,20,23). The molecule has 0 bridgehead atoms. The summed E-state index contributed by atoms with van der Waals surface area (Å²) in [5.41, 5.74) is 5.89. The molecule has 1 aromatic carbocycles. The maximum Gasteiger partial charge on any atom is 0.261 e. The number of primary amides is 1. The largest absolute Gasteiger partial charge is 0.365 e. The Hall–Kier alpha value is -3.07. The lowest BCUT2D eigenvalue weighted by atomic mass is 10.1. The minimum atomic E-state index is -0.628. The number of imide groups is 1. The molecule has 134 valence electrons. The monoisotopic (exact) mass is 372 g/mol. The molecular formula is C17H16N4O4S. The van der Waals surface area contributed by atoms with Crippen molar-refractivity contribution in [2.75, 3.05) is 11.9 Å². The zero-order valence-corrected chi connectivity index (χ0v) is 14.8. The van der Waals surface area contributed by atoms with Crippen molar-refractivity contribution >= 4 is 40.1 Å². The molecule has 0 unspecified atom stereocenters. The van der Waals surface area contributed by atoms with E-state index in [9.17, 15) is 19.2 Å². The Kier molecular flexibility index (Phi) is 4.81. The molecule has 0 atom stereocenters. The van der Waals surface area contributed by atoms with Gasteiger partial charge in [-0.15, -0.1) is 0 Å². The summed E-state index contributed by atoms with van der Waals surface area (Å²) < 4.78 is 0. The van der Waals surface area contributed by atoms with Gasteiger partial charge >= 0.3 is 0 Å². The number of hydrogen-bond acceptors (Lipinski definition) is 6. The van der Waals surface area contributed by atoms with Crippen LogP contribution in [-0.4, -0.2) is 40.1 Å². The highest BCUT2D eigenvalue weighted by Gasteiger charge is 2.35. The first kappa shape index (κ1) is 17.7. The second-order valence-corrected chi connectivity index (χ2v) is 6.75. The Morgan fingerprint density at radius 1 is 1.23 bits per heavy atom. The molecule has 0 saturated heterocycles. The molecule has 2 heterocycles. The molecule has 8 nitrogen and oxygen atoms in total. The molecular weight excluding hydrogens is 356 g/mol. The lowest BCUT2D eigenvalue weighted by Crippen LogP contribution is -2.30. The molecule has 0 aliphatic carbocycles. The molecule has 26 heavy (non-hydrogen) atoms. The van der Waals surface area contributed by atoms with Crippen LogP contribution < -0.4 is 11.1 Å². The van der Waals surface area contributed by atoms with E-state index in [2.05, 4.69) is 10.3 Å². The second kappa shape index (κ2) is 7.04. The lowest BCUT2D eigenvalue weighted by molar-refractivity contribution is 0.0652. The number of hydrogen-bond donors (Lipinski definition) is 2. The number of anilines is 1. The summed E-state index contributed by atoms with van der Waals surface area (Å²) in [5, 5.41) is 2.77. The van der Waals surface area contributed by atoms with Crippen LogP contribution in [0.4, 0.5) is 5.13 Å². The summed E-state index contributed by atoms with van der Waals surface area (Å²) >= 11 is 0.953. The normalized spacial score (nSPS) is 13.0. The maximum absolute atomic E-state index is 12.4. The predicted molar refractivity (Wildman–Crippen MR) is 95.3 cm³/mol. The number of rotatable bonds is 6. The fraction of sp³-hybridized carbons (Fsp3) is 0.235. The highest BCUT2D eigenvalue weighted by atomic mass is 32.1. The molecule has 3 N–H and O–H groups in total. The summed E-state index contributed by atoms with van der Waals surface area (Å²) in [7, 11) is 0. The molecule has 0 spiro atoms. The van der Waals surface area contributed by atoms with Gasteiger partial charge in [-0.25, -0.2) is 4.98 Å². The first-order valence-corrected chi connectivity index (χ1v) is 8.81. The molecule has 3 rings (SSSR count). The third-order valence-electron chi connectivity index (χ3n) is 3.94. The van der Waals surface area contributed by atoms with Crippen molar-refractivity contribution in [1.82, 2.24) is 9.88 Å². The molecule has 4 amide bonds. The predicted octanol–water partition coefficient (Wildman–Crippen LogP) is 1.89. The molecule has 2 aromatic rings. The Morgan fingerprint density at radius 3 is 2.62 bits per heavy atom. The SMILES string of the molecule is CCCCN1C(=O)c2ccc(C(=O)Nc3ncc(C(N)=O)s3)cc2C1=O. The smallest absolute Gasteiger partial charge is 0.261 e. The van der Waals surface area contributed by atoms with Gasteiger partial charge in [-0.2, -0.15) is 0 Å². The highest BCUT2D eigenvalue weighted by Crippen LogP contribution is 2.25. The number of nitrogens with zero attached hydrogens (tertiary/aromatic N) is 2. The average Bonchev–Trinajstić information content (AvgIpc) is 3.17. The minimum Gasteiger partial charge on any atom is -0.365 e. The van der Waals surface area contributed by atoms with E-state index in [0.717, 1.165) is 24.2 Å². The molecule has 1 aliphatic rings. The van der Waals surface area contributed by atoms with Crippen molar-refractivity contribution in [3.8, 4) is 0 Å². The third kappa shape index (κ3) is 3.21. The molecule has 0 fully saturated rings. The number of unbranched alkanes of at least 4 members (excludes halogenated alkanes) is 1. The topological polar surface area (TPSA) is 122 Å². The van der Waals surface area contributed by atoms with Crippen LogP contribution in [0.5, 0.6) is 0 Å². The summed E-state index contributed by atoms with van der Waals surface area (Å²) in [6, 6.07) is 4.36. The van der Waals surface area contributed by atoms with Crippen molar-refractivity contribution < 1.29 is 19.2 Å². The van der Waals surface area contributed by atoms with Gasteiger partial charge in [0.25, 0.3) is 23.6 Å². The summed E-state index contributed by atoms with van der Waals surface area (Å²) in [6.07, 6.45) is 2.87. The highest BCUT2D eigenvalue weighted by molar-refractivity contribution is 7.17. The summed E-state index contributed by atoms with van der Waals surface area (Å²) in [5.74, 6) is -1.85. The number of fused-ring (bicyclic) bond motifs is 1. The lowest BCUT2D eigenvalue weighted by Gasteiger charge is -2.12. The molecule has 0 saturated carbocycles. The molecule has 1 aliphatic heterocycles. The van der Waals surface area contributed by atoms with E-state index in [1.807, 2.05) is 6.92 Å². The van der Waals surface area contributed by atoms with Crippen LogP contribution in [0, 0.1) is 0 Å². The van der Waals surface area contributed by atoms with Crippen LogP contribution in [-0.2, 0) is 0 Å². The number of amides is 4. The Labute approximate surface area is 153 Å². The van der Waals surface area contributed by atoms with Crippen LogP contribution in [0.2, 0.25) is 0 Å². The van der Waals surface area contributed by atoms with Gasteiger partial charge in [-0.05, 0) is 24.6 Å². The third-order valence-corrected chi connectivity index (χ3v) is 4.86. The zero-order valence-electron chi connectivity index (χ0n) is 13.9. The summed E-state index contributed by atoms with van der Waals surface area (Å²) in [4.78, 5) is 53.5. The van der Waals surface area contributed by atoms with E-state index in [1.165, 1.54) is 29.3 Å². The quantitative estimate of drug-likeness (QED) is 0.750. The van der Waals surface area contributed by atoms with Crippen molar-refractivity contribution in [1.29, 1.82) is 0 Å². The molecule has 9 heteroatoms. The molecule has 0 radical (unpaired) electrons. The fourth-order valence-corrected chi connectivity index (χ4v) is 3.23. The van der Waals surface area contributed by atoms with Gasteiger partial charge in [0, 0.05) is 12.1 Å². The van der Waals surface area contributed by atoms with E-state index in [-0.39, 0.29) is 27.0 Å². The number of carbonyl (C=O) groups excluding carboxylic acids is 4. The van der Waals surface area contributed by atoms with Crippen LogP contribution in [0.25, 0.3) is 0 Å². The average molecular weight is 372 g/mol. The van der Waals surface area contributed by atoms with E-state index in [0.29, 0.717) is 12.1 Å². The van der Waals surface area contributed by atoms with E-state index in [4.69, 9.17) is 5.73 Å². The minimum absolute atomic E-state index is 0.218. The van der Waals surface area contributed by atoms with Crippen molar-refractivity contribution in [2.24, 2.45) is 5.73 Å². The van der Waals surface area contributed by atoms with Crippen LogP contribution in [0.15, 0.2) is 24.4 Å². The van der Waals surface area contributed by atoms with Gasteiger partial charge in [0.2, 0.25) is 0 Å². The number of thiazole rings is 1. The van der Waals surface area contributed by atoms with Gasteiger partial charge < -0.3 is 5.73 Å². The Balaban J connectivity index is 1.80. The van der Waals surface area contributed by atoms with Gasteiger partial charge in [-0.1, -0.05) is 24.7 Å². The van der Waals surface area contributed by atoms with Gasteiger partial charge in [0.15, 0.2) is 5.13 Å². The van der Waals surface area contributed by atoms with Crippen LogP contribution >= 0.6 is 11.3 Å². The first-order chi connectivity index (χ1) is 12.4.